The zero-order chi connectivity index (χ0) is 14.5. The second-order valence-corrected chi connectivity index (χ2v) is 6.14. The van der Waals surface area contributed by atoms with Crippen LogP contribution in [0.1, 0.15) is 50.5 Å². The average Bonchev–Trinajstić information content (AvgIpc) is 2.88. The first-order valence-electron chi connectivity index (χ1n) is 7.21. The van der Waals surface area contributed by atoms with Gasteiger partial charge in [-0.3, -0.25) is 5.32 Å². The maximum Gasteiger partial charge on any atom is 0.323 e. The van der Waals surface area contributed by atoms with E-state index >= 15 is 0 Å². The lowest BCUT2D eigenvalue weighted by atomic mass is 10.1. The van der Waals surface area contributed by atoms with Crippen molar-refractivity contribution >= 4 is 22.5 Å². The number of nitrogens with one attached hydrogen (secondary N) is 1. The summed E-state index contributed by atoms with van der Waals surface area (Å²) in [4.78, 5) is 13.7. The van der Waals surface area contributed by atoms with Gasteiger partial charge in [-0.1, -0.05) is 25.2 Å². The van der Waals surface area contributed by atoms with Gasteiger partial charge in [0.2, 0.25) is 5.13 Å². The van der Waals surface area contributed by atoms with E-state index < -0.39 is 6.10 Å². The van der Waals surface area contributed by atoms with Crippen molar-refractivity contribution < 1.29 is 9.90 Å². The quantitative estimate of drug-likeness (QED) is 0.895. The first kappa shape index (κ1) is 15.2. The number of hydrogen-bond acceptors (Lipinski definition) is 5. The fourth-order valence-corrected chi connectivity index (χ4v) is 3.40. The minimum absolute atomic E-state index is 0.198. The smallest absolute Gasteiger partial charge is 0.323 e. The monoisotopic (exact) mass is 298 g/mol. The summed E-state index contributed by atoms with van der Waals surface area (Å²) >= 11 is 1.44. The summed E-state index contributed by atoms with van der Waals surface area (Å²) in [5.74, 6) is 0.412. The number of anilines is 1. The van der Waals surface area contributed by atoms with Gasteiger partial charge in [-0.25, -0.2) is 4.79 Å². The molecular formula is C13H22N4O2S. The molecule has 1 aliphatic heterocycles. The summed E-state index contributed by atoms with van der Waals surface area (Å²) in [7, 11) is 0. The van der Waals surface area contributed by atoms with Gasteiger partial charge in [-0.15, -0.1) is 10.2 Å². The van der Waals surface area contributed by atoms with E-state index in [0.29, 0.717) is 24.1 Å². The summed E-state index contributed by atoms with van der Waals surface area (Å²) < 4.78 is 0. The van der Waals surface area contributed by atoms with E-state index in [-0.39, 0.29) is 6.03 Å². The highest BCUT2D eigenvalue weighted by Crippen LogP contribution is 2.28. The van der Waals surface area contributed by atoms with Gasteiger partial charge >= 0.3 is 6.03 Å². The maximum atomic E-state index is 12.1. The zero-order valence-corrected chi connectivity index (χ0v) is 12.8. The predicted molar refractivity (Wildman–Crippen MR) is 79.1 cm³/mol. The van der Waals surface area contributed by atoms with E-state index in [1.807, 2.05) is 0 Å². The maximum absolute atomic E-state index is 12.1. The Morgan fingerprint density at radius 3 is 2.90 bits per heavy atom. The highest BCUT2D eigenvalue weighted by Gasteiger charge is 2.23. The molecule has 1 unspecified atom stereocenters. The Kier molecular flexibility index (Phi) is 5.31. The largest absolute Gasteiger partial charge is 0.391 e. The molecule has 1 aromatic heterocycles. The highest BCUT2D eigenvalue weighted by molar-refractivity contribution is 7.15. The van der Waals surface area contributed by atoms with Gasteiger partial charge < -0.3 is 10.0 Å². The molecule has 2 heterocycles. The molecule has 1 aromatic rings. The Labute approximate surface area is 123 Å². The molecule has 20 heavy (non-hydrogen) atoms. The number of aliphatic hydroxyl groups is 1. The Balaban J connectivity index is 1.94. The van der Waals surface area contributed by atoms with Crippen LogP contribution in [0.4, 0.5) is 9.93 Å². The number of rotatable bonds is 4. The fourth-order valence-electron chi connectivity index (χ4n) is 2.40. The topological polar surface area (TPSA) is 78.4 Å². The highest BCUT2D eigenvalue weighted by atomic mass is 32.1. The minimum Gasteiger partial charge on any atom is -0.391 e. The number of piperidine rings is 1. The second kappa shape index (κ2) is 6.99. The first-order chi connectivity index (χ1) is 9.63. The van der Waals surface area contributed by atoms with E-state index in [9.17, 15) is 9.90 Å². The molecule has 0 aliphatic carbocycles. The number of hydrogen-bond donors (Lipinski definition) is 2. The molecule has 1 aliphatic rings. The number of carbonyl (C=O) groups excluding carboxylic acids is 1. The zero-order valence-electron chi connectivity index (χ0n) is 12.0. The Morgan fingerprint density at radius 2 is 2.25 bits per heavy atom. The van der Waals surface area contributed by atoms with E-state index in [2.05, 4.69) is 29.4 Å². The van der Waals surface area contributed by atoms with Crippen LogP contribution in [0.15, 0.2) is 0 Å². The summed E-state index contributed by atoms with van der Waals surface area (Å²) in [5, 5.41) is 22.1. The third kappa shape index (κ3) is 3.67. The van der Waals surface area contributed by atoms with Crippen LogP contribution in [0.2, 0.25) is 0 Å². The van der Waals surface area contributed by atoms with Crippen molar-refractivity contribution in [1.82, 2.24) is 15.1 Å². The summed E-state index contributed by atoms with van der Waals surface area (Å²) in [6.45, 7) is 5.33. The molecule has 112 valence electrons. The molecule has 1 atom stereocenters. The van der Waals surface area contributed by atoms with Gasteiger partial charge in [-0.05, 0) is 25.7 Å². The third-order valence-corrected chi connectivity index (χ3v) is 4.67. The number of carbonyl (C=O) groups is 1. The first-order valence-corrected chi connectivity index (χ1v) is 8.03. The Morgan fingerprint density at radius 1 is 1.50 bits per heavy atom. The molecule has 0 spiro atoms. The number of β-amino-alcohol motifs (C(OH)–C–C–N with tert-alkyl or cyclic N) is 1. The lowest BCUT2D eigenvalue weighted by molar-refractivity contribution is 0.0883. The van der Waals surface area contributed by atoms with Gasteiger partial charge in [0.1, 0.15) is 5.01 Å². The van der Waals surface area contributed by atoms with Crippen molar-refractivity contribution in [2.45, 2.75) is 51.6 Å². The summed E-state index contributed by atoms with van der Waals surface area (Å²) in [5.41, 5.74) is 0. The number of likely N-dealkylation sites (tertiary alicyclic amines) is 1. The van der Waals surface area contributed by atoms with Crippen LogP contribution < -0.4 is 5.32 Å². The third-order valence-electron chi connectivity index (χ3n) is 3.67. The number of nitrogens with zero attached hydrogens (tertiary/aromatic N) is 3. The van der Waals surface area contributed by atoms with Gasteiger partial charge in [-0.2, -0.15) is 0 Å². The lowest BCUT2D eigenvalue weighted by Crippen LogP contribution is -2.44. The van der Waals surface area contributed by atoms with Gasteiger partial charge in [0.15, 0.2) is 0 Å². The molecule has 7 heteroatoms. The van der Waals surface area contributed by atoms with Crippen molar-refractivity contribution in [2.24, 2.45) is 0 Å². The molecule has 0 saturated carbocycles. The summed E-state index contributed by atoms with van der Waals surface area (Å²) in [6.07, 6.45) is 3.24. The van der Waals surface area contributed by atoms with Crippen LogP contribution >= 0.6 is 11.3 Å². The molecule has 1 saturated heterocycles. The molecule has 0 bridgehead atoms. The normalized spacial score (nSPS) is 19.4. The van der Waals surface area contributed by atoms with Crippen molar-refractivity contribution in [3.63, 3.8) is 0 Å². The van der Waals surface area contributed by atoms with Gasteiger partial charge in [0.05, 0.1) is 6.10 Å². The van der Waals surface area contributed by atoms with Crippen LogP contribution in [0.25, 0.3) is 0 Å². The molecule has 2 rings (SSSR count). The standard InChI is InChI=1S/C13H22N4O2S/c1-3-9(4-2)11-15-16-12(20-11)14-13(19)17-7-5-6-10(18)8-17/h9-10,18H,3-8H2,1-2H3,(H,14,16,19). The van der Waals surface area contributed by atoms with Crippen LogP contribution in [0, 0.1) is 0 Å². The average molecular weight is 298 g/mol. The van der Waals surface area contributed by atoms with E-state index in [1.54, 1.807) is 4.90 Å². The number of aromatic nitrogens is 2. The molecule has 2 amide bonds. The lowest BCUT2D eigenvalue weighted by Gasteiger charge is -2.29. The molecule has 0 aromatic carbocycles. The van der Waals surface area contributed by atoms with Crippen molar-refractivity contribution in [1.29, 1.82) is 0 Å². The van der Waals surface area contributed by atoms with Crippen molar-refractivity contribution in [3.05, 3.63) is 5.01 Å². The van der Waals surface area contributed by atoms with Crippen LogP contribution in [0.5, 0.6) is 0 Å². The molecule has 1 fully saturated rings. The Hall–Kier alpha value is -1.21. The second-order valence-electron chi connectivity index (χ2n) is 5.13. The number of urea groups is 1. The van der Waals surface area contributed by atoms with E-state index in [1.165, 1.54) is 11.3 Å². The van der Waals surface area contributed by atoms with Crippen LogP contribution in [0.3, 0.4) is 0 Å². The molecular weight excluding hydrogens is 276 g/mol. The number of amides is 2. The molecule has 2 N–H and O–H groups in total. The molecule has 0 radical (unpaired) electrons. The number of aliphatic hydroxyl groups excluding tert-OH is 1. The van der Waals surface area contributed by atoms with Crippen LogP contribution in [-0.2, 0) is 0 Å². The SMILES string of the molecule is CCC(CC)c1nnc(NC(=O)N2CCCC(O)C2)s1. The Bertz CT molecular complexity index is 447. The van der Waals surface area contributed by atoms with Gasteiger partial charge in [0, 0.05) is 19.0 Å². The fraction of sp³-hybridized carbons (Fsp3) is 0.769. The predicted octanol–water partition coefficient (Wildman–Crippen LogP) is 2.43. The van der Waals surface area contributed by atoms with E-state index in [4.69, 9.17) is 0 Å². The minimum atomic E-state index is -0.413. The molecule has 6 nitrogen and oxygen atoms in total. The van der Waals surface area contributed by atoms with Crippen molar-refractivity contribution in [2.75, 3.05) is 18.4 Å². The summed E-state index contributed by atoms with van der Waals surface area (Å²) in [6, 6.07) is -0.198. The van der Waals surface area contributed by atoms with Gasteiger partial charge in [0.25, 0.3) is 0 Å². The van der Waals surface area contributed by atoms with E-state index in [0.717, 1.165) is 30.7 Å². The van der Waals surface area contributed by atoms with Crippen LogP contribution in [-0.4, -0.2) is 45.4 Å². The van der Waals surface area contributed by atoms with Crippen molar-refractivity contribution in [3.8, 4) is 0 Å².